The summed E-state index contributed by atoms with van der Waals surface area (Å²) in [6.07, 6.45) is 6.75. The maximum absolute atomic E-state index is 11.8. The van der Waals surface area contributed by atoms with E-state index in [0.29, 0.717) is 6.54 Å². The van der Waals surface area contributed by atoms with Crippen molar-refractivity contribution in [3.8, 4) is 0 Å². The predicted molar refractivity (Wildman–Crippen MR) is 137 cm³/mol. The molecule has 7 heteroatoms. The van der Waals surface area contributed by atoms with Crippen LogP contribution in [-0.4, -0.2) is 48.3 Å². The van der Waals surface area contributed by atoms with Gasteiger partial charge < -0.3 is 30.1 Å². The first-order valence-electron chi connectivity index (χ1n) is 13.0. The number of nitrogens with zero attached hydrogens (tertiary/aromatic N) is 1. The van der Waals surface area contributed by atoms with Crippen LogP contribution < -0.4 is 10.6 Å². The Bertz CT molecular complexity index is 911. The van der Waals surface area contributed by atoms with Crippen molar-refractivity contribution in [2.24, 2.45) is 0 Å². The van der Waals surface area contributed by atoms with E-state index >= 15 is 0 Å². The number of aliphatic hydroxyl groups excluding tert-OH is 1. The first-order valence-corrected chi connectivity index (χ1v) is 13.0. The largest absolute Gasteiger partial charge is 0.392 e. The molecule has 0 aliphatic carbocycles. The van der Waals surface area contributed by atoms with Gasteiger partial charge in [0, 0.05) is 30.8 Å². The molecule has 0 aromatic heterocycles. The van der Waals surface area contributed by atoms with Crippen LogP contribution in [0.3, 0.4) is 0 Å². The number of anilines is 1. The number of benzene rings is 2. The van der Waals surface area contributed by atoms with Crippen LogP contribution in [0.4, 0.5) is 10.5 Å². The van der Waals surface area contributed by atoms with Gasteiger partial charge in [-0.25, -0.2) is 4.79 Å². The Balaban J connectivity index is 1.49. The van der Waals surface area contributed by atoms with Crippen LogP contribution in [0.25, 0.3) is 0 Å². The van der Waals surface area contributed by atoms with E-state index in [9.17, 15) is 9.90 Å². The fraction of sp³-hybridized carbons (Fsp3) is 0.536. The van der Waals surface area contributed by atoms with Gasteiger partial charge >= 0.3 is 6.03 Å². The second kappa shape index (κ2) is 13.0. The van der Waals surface area contributed by atoms with Crippen LogP contribution in [-0.2, 0) is 16.1 Å². The summed E-state index contributed by atoms with van der Waals surface area (Å²) in [7, 11) is 0. The molecule has 2 aliphatic heterocycles. The van der Waals surface area contributed by atoms with Crippen molar-refractivity contribution < 1.29 is 19.4 Å². The minimum Gasteiger partial charge on any atom is -0.392 e. The Labute approximate surface area is 208 Å². The highest BCUT2D eigenvalue weighted by molar-refractivity contribution is 5.89. The van der Waals surface area contributed by atoms with Crippen molar-refractivity contribution in [2.75, 3.05) is 31.5 Å². The van der Waals surface area contributed by atoms with Crippen LogP contribution in [0.5, 0.6) is 0 Å². The lowest BCUT2D eigenvalue weighted by molar-refractivity contribution is -0.253. The monoisotopic (exact) mass is 481 g/mol. The van der Waals surface area contributed by atoms with E-state index in [2.05, 4.69) is 15.5 Å². The number of hydrogen-bond donors (Lipinski definition) is 3. The second-order valence-electron chi connectivity index (χ2n) is 9.52. The second-order valence-corrected chi connectivity index (χ2v) is 9.52. The average molecular weight is 482 g/mol. The Morgan fingerprint density at radius 1 is 0.943 bits per heavy atom. The summed E-state index contributed by atoms with van der Waals surface area (Å²) in [5.41, 5.74) is 3.65. The molecule has 2 aromatic carbocycles. The summed E-state index contributed by atoms with van der Waals surface area (Å²) in [5.74, 6) is 0. The molecule has 2 heterocycles. The molecule has 3 unspecified atom stereocenters. The zero-order valence-electron chi connectivity index (χ0n) is 20.7. The van der Waals surface area contributed by atoms with Gasteiger partial charge in [0.1, 0.15) is 0 Å². The van der Waals surface area contributed by atoms with E-state index in [1.54, 1.807) is 0 Å². The van der Waals surface area contributed by atoms with Crippen LogP contribution in [0.15, 0.2) is 48.5 Å². The normalized spacial score (nSPS) is 23.8. The quantitative estimate of drug-likeness (QED) is 0.511. The van der Waals surface area contributed by atoms with Crippen molar-refractivity contribution in [3.05, 3.63) is 65.2 Å². The smallest absolute Gasteiger partial charge is 0.319 e. The van der Waals surface area contributed by atoms with Crippen molar-refractivity contribution in [1.82, 2.24) is 10.2 Å². The molecule has 0 spiro atoms. The lowest BCUT2D eigenvalue weighted by Crippen LogP contribution is -2.40. The first-order chi connectivity index (χ1) is 17.1. The van der Waals surface area contributed by atoms with Crippen molar-refractivity contribution in [2.45, 2.75) is 70.6 Å². The lowest BCUT2D eigenvalue weighted by atomic mass is 9.99. The zero-order chi connectivity index (χ0) is 24.5. The molecule has 7 nitrogen and oxygen atoms in total. The topological polar surface area (TPSA) is 83.1 Å². The maximum Gasteiger partial charge on any atom is 0.319 e. The lowest BCUT2D eigenvalue weighted by Gasteiger charge is -2.38. The summed E-state index contributed by atoms with van der Waals surface area (Å²) in [4.78, 5) is 14.4. The molecule has 3 atom stereocenters. The molecule has 0 saturated carbocycles. The molecular formula is C28H39N3O4. The summed E-state index contributed by atoms with van der Waals surface area (Å²) < 4.78 is 13.0. The summed E-state index contributed by atoms with van der Waals surface area (Å²) in [5, 5.41) is 15.0. The number of rotatable bonds is 7. The van der Waals surface area contributed by atoms with E-state index in [1.165, 1.54) is 32.1 Å². The fourth-order valence-corrected chi connectivity index (χ4v) is 4.88. The number of urea groups is 1. The molecule has 3 N–H and O–H groups in total. The van der Waals surface area contributed by atoms with Gasteiger partial charge in [-0.15, -0.1) is 0 Å². The van der Waals surface area contributed by atoms with Gasteiger partial charge in [-0.2, -0.15) is 0 Å². The highest BCUT2D eigenvalue weighted by atomic mass is 16.7. The SMILES string of the molecule is CCNC(=O)Nc1ccc(C2OC(CN3CCCCCCC3)CC(c3ccc(CO)cc3)O2)cc1. The number of hydrogen-bond acceptors (Lipinski definition) is 5. The van der Waals surface area contributed by atoms with Gasteiger partial charge in [-0.3, -0.25) is 0 Å². The number of nitrogens with one attached hydrogen (secondary N) is 2. The highest BCUT2D eigenvalue weighted by Crippen LogP contribution is 2.38. The molecule has 2 amide bonds. The van der Waals surface area contributed by atoms with Gasteiger partial charge in [-0.05, 0) is 56.1 Å². The first kappa shape index (κ1) is 25.6. The molecular weight excluding hydrogens is 442 g/mol. The number of carbonyl (C=O) groups is 1. The minimum absolute atomic E-state index is 0.0335. The third kappa shape index (κ3) is 7.51. The number of likely N-dealkylation sites (tertiary alicyclic amines) is 1. The van der Waals surface area contributed by atoms with Gasteiger partial charge in [0.05, 0.1) is 18.8 Å². The number of amides is 2. The van der Waals surface area contributed by atoms with Crippen molar-refractivity contribution in [3.63, 3.8) is 0 Å². The van der Waals surface area contributed by atoms with Gasteiger partial charge in [0.2, 0.25) is 0 Å². The zero-order valence-corrected chi connectivity index (χ0v) is 20.7. The number of carbonyl (C=O) groups excluding carboxylic acids is 1. The van der Waals surface area contributed by atoms with Gasteiger partial charge in [0.15, 0.2) is 6.29 Å². The maximum atomic E-state index is 11.8. The molecule has 2 aromatic rings. The Kier molecular flexibility index (Phi) is 9.54. The number of aliphatic hydroxyl groups is 1. The molecule has 190 valence electrons. The van der Waals surface area contributed by atoms with Crippen LogP contribution in [0.2, 0.25) is 0 Å². The Morgan fingerprint density at radius 2 is 1.60 bits per heavy atom. The fourth-order valence-electron chi connectivity index (χ4n) is 4.88. The van der Waals surface area contributed by atoms with E-state index in [0.717, 1.165) is 48.4 Å². The molecule has 2 fully saturated rings. The third-order valence-electron chi connectivity index (χ3n) is 6.80. The van der Waals surface area contributed by atoms with Gasteiger partial charge in [-0.1, -0.05) is 55.7 Å². The van der Waals surface area contributed by atoms with Crippen LogP contribution >= 0.6 is 0 Å². The molecule has 0 radical (unpaired) electrons. The summed E-state index contributed by atoms with van der Waals surface area (Å²) in [6.45, 7) is 5.65. The van der Waals surface area contributed by atoms with Crippen molar-refractivity contribution in [1.29, 1.82) is 0 Å². The van der Waals surface area contributed by atoms with E-state index in [4.69, 9.17) is 9.47 Å². The van der Waals surface area contributed by atoms with E-state index in [1.807, 2.05) is 55.5 Å². The van der Waals surface area contributed by atoms with Crippen molar-refractivity contribution >= 4 is 11.7 Å². The Morgan fingerprint density at radius 3 is 2.26 bits per heavy atom. The summed E-state index contributed by atoms with van der Waals surface area (Å²) >= 11 is 0. The molecule has 35 heavy (non-hydrogen) atoms. The molecule has 4 rings (SSSR count). The highest BCUT2D eigenvalue weighted by Gasteiger charge is 2.33. The molecule has 2 saturated heterocycles. The average Bonchev–Trinajstić information content (AvgIpc) is 2.86. The standard InChI is InChI=1S/C28H39N3O4/c1-2-29-28(33)30-24-14-12-23(13-15-24)27-34-25(19-31-16-6-4-3-5-7-17-31)18-26(35-27)22-10-8-21(20-32)9-11-22/h8-15,25-27,32H,2-7,16-20H2,1H3,(H2,29,30,33). The van der Waals surface area contributed by atoms with E-state index < -0.39 is 6.29 Å². The summed E-state index contributed by atoms with van der Waals surface area (Å²) in [6, 6.07) is 15.5. The number of ether oxygens (including phenoxy) is 2. The molecule has 0 bridgehead atoms. The minimum atomic E-state index is -0.482. The van der Waals surface area contributed by atoms with E-state index in [-0.39, 0.29) is 24.8 Å². The third-order valence-corrected chi connectivity index (χ3v) is 6.80. The van der Waals surface area contributed by atoms with Crippen LogP contribution in [0.1, 0.15) is 74.5 Å². The van der Waals surface area contributed by atoms with Gasteiger partial charge in [0.25, 0.3) is 0 Å². The molecule has 2 aliphatic rings. The predicted octanol–water partition coefficient (Wildman–Crippen LogP) is 5.13. The Hall–Kier alpha value is -2.45. The van der Waals surface area contributed by atoms with Crippen LogP contribution in [0, 0.1) is 0 Å².